The fourth-order valence-corrected chi connectivity index (χ4v) is 2.66. The molecule has 0 atom stereocenters. The summed E-state index contributed by atoms with van der Waals surface area (Å²) >= 11 is 0. The Morgan fingerprint density at radius 2 is 1.87 bits per heavy atom. The van der Waals surface area contributed by atoms with Crippen molar-refractivity contribution in [2.75, 3.05) is 0 Å². The van der Waals surface area contributed by atoms with Gasteiger partial charge in [0.15, 0.2) is 0 Å². The molecule has 2 aromatic rings. The van der Waals surface area contributed by atoms with Gasteiger partial charge in [0.2, 0.25) is 0 Å². The Balaban J connectivity index is 2.60. The van der Waals surface area contributed by atoms with E-state index in [9.17, 15) is 8.42 Å². The summed E-state index contributed by atoms with van der Waals surface area (Å²) in [5, 5.41) is 0. The molecule has 1 aromatic carbocycles. The van der Waals surface area contributed by atoms with Gasteiger partial charge >= 0.3 is 0 Å². The third-order valence-corrected chi connectivity index (χ3v) is 3.85. The monoisotopic (exact) mass is 222 g/mol. The van der Waals surface area contributed by atoms with Crippen LogP contribution in [0.4, 0.5) is 0 Å². The lowest BCUT2D eigenvalue weighted by Crippen LogP contribution is -2.13. The maximum atomic E-state index is 12.0. The molecule has 15 heavy (non-hydrogen) atoms. The highest BCUT2D eigenvalue weighted by atomic mass is 32.2. The van der Waals surface area contributed by atoms with Gasteiger partial charge in [0, 0.05) is 12.4 Å². The highest BCUT2D eigenvalue weighted by Crippen LogP contribution is 2.13. The molecular weight excluding hydrogens is 212 g/mol. The molecule has 5 heteroatoms. The van der Waals surface area contributed by atoms with Crippen molar-refractivity contribution in [2.45, 2.75) is 11.8 Å². The summed E-state index contributed by atoms with van der Waals surface area (Å²) in [5.74, 6) is 0.457. The van der Waals surface area contributed by atoms with Crippen molar-refractivity contribution in [3.05, 3.63) is 48.5 Å². The van der Waals surface area contributed by atoms with Crippen LogP contribution in [-0.4, -0.2) is 17.4 Å². The topological polar surface area (TPSA) is 52.0 Å². The summed E-state index contributed by atoms with van der Waals surface area (Å²) in [7, 11) is -3.47. The summed E-state index contributed by atoms with van der Waals surface area (Å²) < 4.78 is 25.2. The predicted molar refractivity (Wildman–Crippen MR) is 56.0 cm³/mol. The highest BCUT2D eigenvalue weighted by molar-refractivity contribution is 7.90. The Morgan fingerprint density at radius 3 is 2.40 bits per heavy atom. The minimum absolute atomic E-state index is 0.270. The predicted octanol–water partition coefficient (Wildman–Crippen LogP) is 1.43. The molecule has 4 nitrogen and oxygen atoms in total. The van der Waals surface area contributed by atoms with Crippen LogP contribution in [0.25, 0.3) is 0 Å². The zero-order valence-electron chi connectivity index (χ0n) is 8.16. The molecular formula is C10H10N2O2S. The van der Waals surface area contributed by atoms with Crippen molar-refractivity contribution < 1.29 is 8.42 Å². The molecule has 1 heterocycles. The third kappa shape index (κ3) is 1.66. The lowest BCUT2D eigenvalue weighted by atomic mass is 10.4. The molecule has 0 aliphatic rings. The summed E-state index contributed by atoms with van der Waals surface area (Å²) in [6.45, 7) is 1.65. The molecule has 0 radical (unpaired) electrons. The molecule has 78 valence electrons. The molecule has 0 aliphatic heterocycles. The number of aryl methyl sites for hydroxylation is 1. The molecule has 1 aromatic heterocycles. The van der Waals surface area contributed by atoms with E-state index in [1.807, 2.05) is 0 Å². The SMILES string of the molecule is Cc1nccn1S(=O)(=O)c1ccccc1. The summed E-state index contributed by atoms with van der Waals surface area (Å²) in [4.78, 5) is 4.16. The Kier molecular flexibility index (Phi) is 2.32. The van der Waals surface area contributed by atoms with Gasteiger partial charge in [0.05, 0.1) is 4.90 Å². The number of benzene rings is 1. The van der Waals surface area contributed by atoms with Crippen LogP contribution >= 0.6 is 0 Å². The van der Waals surface area contributed by atoms with E-state index in [-0.39, 0.29) is 4.90 Å². The van der Waals surface area contributed by atoms with Crippen molar-refractivity contribution in [1.82, 2.24) is 8.96 Å². The summed E-state index contributed by atoms with van der Waals surface area (Å²) in [6, 6.07) is 8.29. The van der Waals surface area contributed by atoms with E-state index in [0.29, 0.717) is 5.82 Å². The van der Waals surface area contributed by atoms with Gasteiger partial charge in [-0.25, -0.2) is 17.4 Å². The smallest absolute Gasteiger partial charge is 0.241 e. The molecule has 0 amide bonds. The van der Waals surface area contributed by atoms with Gasteiger partial charge in [-0.1, -0.05) is 18.2 Å². The number of imidazole rings is 1. The van der Waals surface area contributed by atoms with E-state index in [1.165, 1.54) is 16.4 Å². The van der Waals surface area contributed by atoms with Gasteiger partial charge in [0.25, 0.3) is 10.0 Å². The first-order chi connectivity index (χ1) is 7.12. The van der Waals surface area contributed by atoms with E-state index >= 15 is 0 Å². The lowest BCUT2D eigenvalue weighted by Gasteiger charge is -2.06. The van der Waals surface area contributed by atoms with Gasteiger partial charge in [-0.05, 0) is 19.1 Å². The first-order valence-electron chi connectivity index (χ1n) is 4.43. The zero-order valence-corrected chi connectivity index (χ0v) is 8.98. The standard InChI is InChI=1S/C10H10N2O2S/c1-9-11-7-8-12(9)15(13,14)10-5-3-2-4-6-10/h2-8H,1H3. The van der Waals surface area contributed by atoms with Crippen molar-refractivity contribution >= 4 is 10.0 Å². The van der Waals surface area contributed by atoms with Crippen LogP contribution in [-0.2, 0) is 10.0 Å². The van der Waals surface area contributed by atoms with Gasteiger partial charge in [-0.15, -0.1) is 0 Å². The van der Waals surface area contributed by atoms with Crippen LogP contribution in [0.15, 0.2) is 47.6 Å². The first-order valence-corrected chi connectivity index (χ1v) is 5.87. The molecule has 2 rings (SSSR count). The van der Waals surface area contributed by atoms with Gasteiger partial charge in [-0.3, -0.25) is 0 Å². The average molecular weight is 222 g/mol. The second kappa shape index (κ2) is 3.51. The minimum atomic E-state index is -3.47. The van der Waals surface area contributed by atoms with Gasteiger partial charge in [-0.2, -0.15) is 0 Å². The molecule has 0 N–H and O–H groups in total. The molecule has 0 saturated carbocycles. The van der Waals surface area contributed by atoms with E-state index in [4.69, 9.17) is 0 Å². The van der Waals surface area contributed by atoms with E-state index in [2.05, 4.69) is 4.98 Å². The van der Waals surface area contributed by atoms with Gasteiger partial charge in [0.1, 0.15) is 5.82 Å². The first kappa shape index (κ1) is 9.92. The number of hydrogen-bond acceptors (Lipinski definition) is 3. The summed E-state index contributed by atoms with van der Waals surface area (Å²) in [5.41, 5.74) is 0. The second-order valence-electron chi connectivity index (χ2n) is 3.09. The molecule has 0 bridgehead atoms. The van der Waals surface area contributed by atoms with Crippen molar-refractivity contribution in [3.8, 4) is 0 Å². The largest absolute Gasteiger partial charge is 0.269 e. The van der Waals surface area contributed by atoms with Crippen LogP contribution in [0.1, 0.15) is 5.82 Å². The van der Waals surface area contributed by atoms with Crippen LogP contribution < -0.4 is 0 Å². The van der Waals surface area contributed by atoms with E-state index in [0.717, 1.165) is 0 Å². The second-order valence-corrected chi connectivity index (χ2v) is 4.90. The number of nitrogens with zero attached hydrogens (tertiary/aromatic N) is 2. The normalized spacial score (nSPS) is 11.5. The fourth-order valence-electron chi connectivity index (χ4n) is 1.33. The highest BCUT2D eigenvalue weighted by Gasteiger charge is 2.17. The van der Waals surface area contributed by atoms with Crippen LogP contribution in [0.3, 0.4) is 0 Å². The maximum absolute atomic E-state index is 12.0. The van der Waals surface area contributed by atoms with Crippen LogP contribution in [0.5, 0.6) is 0 Å². The molecule has 0 aliphatic carbocycles. The van der Waals surface area contributed by atoms with E-state index in [1.54, 1.807) is 37.3 Å². The van der Waals surface area contributed by atoms with Gasteiger partial charge < -0.3 is 0 Å². The van der Waals surface area contributed by atoms with Crippen LogP contribution in [0, 0.1) is 6.92 Å². The minimum Gasteiger partial charge on any atom is -0.241 e. The molecule has 0 saturated heterocycles. The maximum Gasteiger partial charge on any atom is 0.269 e. The Morgan fingerprint density at radius 1 is 1.20 bits per heavy atom. The number of hydrogen-bond donors (Lipinski definition) is 0. The van der Waals surface area contributed by atoms with Crippen molar-refractivity contribution in [2.24, 2.45) is 0 Å². The summed E-state index contributed by atoms with van der Waals surface area (Å²) in [6.07, 6.45) is 2.91. The molecule has 0 fully saturated rings. The van der Waals surface area contributed by atoms with E-state index < -0.39 is 10.0 Å². The molecule has 0 unspecified atom stereocenters. The Bertz CT molecular complexity index is 558. The van der Waals surface area contributed by atoms with Crippen molar-refractivity contribution in [3.63, 3.8) is 0 Å². The molecule has 0 spiro atoms. The van der Waals surface area contributed by atoms with Crippen LogP contribution in [0.2, 0.25) is 0 Å². The Hall–Kier alpha value is -1.62. The number of aromatic nitrogens is 2. The average Bonchev–Trinajstić information content (AvgIpc) is 2.66. The van der Waals surface area contributed by atoms with Crippen molar-refractivity contribution in [1.29, 1.82) is 0 Å². The quantitative estimate of drug-likeness (QED) is 0.772. The fraction of sp³-hybridized carbons (Fsp3) is 0.100. The third-order valence-electron chi connectivity index (χ3n) is 2.08. The Labute approximate surface area is 88.3 Å². The number of rotatable bonds is 2. The lowest BCUT2D eigenvalue weighted by molar-refractivity contribution is 0.586. The zero-order chi connectivity index (χ0) is 10.9.